The second-order valence-corrected chi connectivity index (χ2v) is 6.03. The number of rotatable bonds is 5. The molecule has 0 saturated carbocycles. The van der Waals surface area contributed by atoms with Gasteiger partial charge in [0.1, 0.15) is 29.0 Å². The van der Waals surface area contributed by atoms with Crippen molar-refractivity contribution in [3.05, 3.63) is 77.2 Å². The van der Waals surface area contributed by atoms with E-state index in [4.69, 9.17) is 0 Å². The lowest BCUT2D eigenvalue weighted by molar-refractivity contribution is 0.101. The zero-order valence-corrected chi connectivity index (χ0v) is 14.8. The van der Waals surface area contributed by atoms with Crippen LogP contribution in [0.3, 0.4) is 0 Å². The number of anilines is 2. The van der Waals surface area contributed by atoms with Crippen molar-refractivity contribution >= 4 is 17.3 Å². The van der Waals surface area contributed by atoms with Crippen LogP contribution in [0.4, 0.5) is 24.7 Å². The predicted molar refractivity (Wildman–Crippen MR) is 98.7 cm³/mol. The second-order valence-electron chi connectivity index (χ2n) is 6.03. The molecule has 1 aromatic heterocycles. The molecule has 1 N–H and O–H groups in total. The quantitative estimate of drug-likeness (QED) is 0.588. The first-order valence-corrected chi connectivity index (χ1v) is 8.42. The summed E-state index contributed by atoms with van der Waals surface area (Å²) in [5.41, 5.74) is 0.446. The molecular weight excluding hydrogens is 353 g/mol. The van der Waals surface area contributed by atoms with E-state index in [-0.39, 0.29) is 28.3 Å². The fraction of sp³-hybridized carbons (Fsp3) is 0.143. The maximum absolute atomic E-state index is 14.6. The lowest BCUT2D eigenvalue weighted by Gasteiger charge is -2.13. The van der Waals surface area contributed by atoms with Crippen LogP contribution < -0.4 is 5.32 Å². The second kappa shape index (κ2) is 7.61. The summed E-state index contributed by atoms with van der Waals surface area (Å²) in [6.07, 6.45) is 1.88. The van der Waals surface area contributed by atoms with E-state index in [9.17, 15) is 18.0 Å². The molecule has 6 heteroatoms. The highest BCUT2D eigenvalue weighted by Gasteiger charge is 2.17. The summed E-state index contributed by atoms with van der Waals surface area (Å²) < 4.78 is 43.7. The van der Waals surface area contributed by atoms with Gasteiger partial charge in [-0.3, -0.25) is 4.79 Å². The number of carbonyl (C=O) groups excluding carboxylic acids is 1. The van der Waals surface area contributed by atoms with Crippen molar-refractivity contribution in [1.29, 1.82) is 0 Å². The number of pyridine rings is 1. The minimum Gasteiger partial charge on any atom is -0.335 e. The van der Waals surface area contributed by atoms with Gasteiger partial charge in [0.2, 0.25) is 0 Å². The fourth-order valence-electron chi connectivity index (χ4n) is 2.83. The van der Waals surface area contributed by atoms with E-state index >= 15 is 0 Å². The number of carbonyl (C=O) groups is 1. The first-order chi connectivity index (χ1) is 12.9. The van der Waals surface area contributed by atoms with Gasteiger partial charge in [-0.05, 0) is 48.7 Å². The molecule has 0 aliphatic carbocycles. The van der Waals surface area contributed by atoms with Gasteiger partial charge in [0.15, 0.2) is 5.78 Å². The van der Waals surface area contributed by atoms with Crippen LogP contribution in [0.5, 0.6) is 0 Å². The lowest BCUT2D eigenvalue weighted by atomic mass is 10.00. The molecule has 27 heavy (non-hydrogen) atoms. The van der Waals surface area contributed by atoms with Gasteiger partial charge in [0, 0.05) is 11.8 Å². The molecule has 2 aromatic carbocycles. The Bertz CT molecular complexity index is 995. The van der Waals surface area contributed by atoms with E-state index in [2.05, 4.69) is 10.3 Å². The normalized spacial score (nSPS) is 10.7. The summed E-state index contributed by atoms with van der Waals surface area (Å²) in [4.78, 5) is 15.6. The highest BCUT2D eigenvalue weighted by atomic mass is 19.1. The Morgan fingerprint density at radius 2 is 1.78 bits per heavy atom. The molecular formula is C21H17F3N2O. The number of hydrogen-bond acceptors (Lipinski definition) is 3. The van der Waals surface area contributed by atoms with E-state index < -0.39 is 23.1 Å². The van der Waals surface area contributed by atoms with Crippen LogP contribution in [-0.2, 0) is 6.42 Å². The summed E-state index contributed by atoms with van der Waals surface area (Å²) in [5, 5.41) is 2.53. The van der Waals surface area contributed by atoms with Gasteiger partial charge in [-0.1, -0.05) is 25.1 Å². The number of nitrogens with one attached hydrogen (secondary N) is 1. The number of benzene rings is 2. The maximum Gasteiger partial charge on any atom is 0.163 e. The monoisotopic (exact) mass is 370 g/mol. The van der Waals surface area contributed by atoms with Crippen molar-refractivity contribution in [2.45, 2.75) is 20.3 Å². The lowest BCUT2D eigenvalue weighted by Crippen LogP contribution is -2.05. The third-order valence-corrected chi connectivity index (χ3v) is 4.24. The summed E-state index contributed by atoms with van der Waals surface area (Å²) in [6.45, 7) is 3.14. The van der Waals surface area contributed by atoms with Crippen LogP contribution in [0.1, 0.15) is 29.8 Å². The zero-order chi connectivity index (χ0) is 19.6. The molecule has 3 nitrogen and oxygen atoms in total. The van der Waals surface area contributed by atoms with Gasteiger partial charge in [-0.2, -0.15) is 0 Å². The molecule has 0 unspecified atom stereocenters. The average Bonchev–Trinajstić information content (AvgIpc) is 2.65. The molecule has 0 spiro atoms. The van der Waals surface area contributed by atoms with Gasteiger partial charge < -0.3 is 5.32 Å². The third-order valence-electron chi connectivity index (χ3n) is 4.24. The van der Waals surface area contributed by atoms with E-state index in [1.807, 2.05) is 0 Å². The number of nitrogens with zero attached hydrogens (tertiary/aromatic N) is 1. The van der Waals surface area contributed by atoms with Gasteiger partial charge in [-0.25, -0.2) is 18.2 Å². The molecule has 0 aliphatic rings. The molecule has 1 heterocycles. The fourth-order valence-corrected chi connectivity index (χ4v) is 2.83. The highest BCUT2D eigenvalue weighted by Crippen LogP contribution is 2.32. The predicted octanol–water partition coefficient (Wildman–Crippen LogP) is 5.67. The van der Waals surface area contributed by atoms with Crippen molar-refractivity contribution in [2.24, 2.45) is 0 Å². The standard InChI is InChI=1S/C21H17F3N2O/c1-3-13-6-4-7-16(19(13)24)14-10-17(22)20(18(23)11-14)26-21-15(12(2)27)8-5-9-25-21/h4-11H,3H2,1-2H3,(H,25,26). The van der Waals surface area contributed by atoms with E-state index in [0.717, 1.165) is 12.1 Å². The van der Waals surface area contributed by atoms with Crippen LogP contribution in [0, 0.1) is 17.5 Å². The minimum atomic E-state index is -0.911. The number of aromatic nitrogens is 1. The Morgan fingerprint density at radius 1 is 1.07 bits per heavy atom. The Balaban J connectivity index is 2.04. The SMILES string of the molecule is CCc1cccc(-c2cc(F)c(Nc3ncccc3C(C)=O)c(F)c2)c1F. The van der Waals surface area contributed by atoms with E-state index in [1.54, 1.807) is 25.1 Å². The first-order valence-electron chi connectivity index (χ1n) is 8.42. The Labute approximate surface area is 154 Å². The molecule has 0 atom stereocenters. The van der Waals surface area contributed by atoms with Crippen molar-refractivity contribution < 1.29 is 18.0 Å². The molecule has 0 aliphatic heterocycles. The molecule has 0 fully saturated rings. The molecule has 3 aromatic rings. The van der Waals surface area contributed by atoms with Gasteiger partial charge in [0.05, 0.1) is 5.56 Å². The van der Waals surface area contributed by atoms with Crippen LogP contribution in [0.15, 0.2) is 48.7 Å². The van der Waals surface area contributed by atoms with Gasteiger partial charge >= 0.3 is 0 Å². The van der Waals surface area contributed by atoms with Crippen molar-refractivity contribution in [1.82, 2.24) is 4.98 Å². The smallest absolute Gasteiger partial charge is 0.163 e. The van der Waals surface area contributed by atoms with Crippen LogP contribution in [0.25, 0.3) is 11.1 Å². The number of halogens is 3. The van der Waals surface area contributed by atoms with Gasteiger partial charge in [0.25, 0.3) is 0 Å². The molecule has 0 radical (unpaired) electrons. The number of Topliss-reactive ketones (excluding diaryl/α,β-unsaturated/α-hetero) is 1. The summed E-state index contributed by atoms with van der Waals surface area (Å²) in [7, 11) is 0. The van der Waals surface area contributed by atoms with Crippen LogP contribution in [0.2, 0.25) is 0 Å². The van der Waals surface area contributed by atoms with Crippen LogP contribution in [-0.4, -0.2) is 10.8 Å². The molecule has 138 valence electrons. The minimum absolute atomic E-state index is 0.0507. The topological polar surface area (TPSA) is 42.0 Å². The van der Waals surface area contributed by atoms with E-state index in [1.165, 1.54) is 25.3 Å². The Hall–Kier alpha value is -3.15. The number of aryl methyl sites for hydroxylation is 1. The largest absolute Gasteiger partial charge is 0.335 e. The van der Waals surface area contributed by atoms with Crippen molar-refractivity contribution in [2.75, 3.05) is 5.32 Å². The maximum atomic E-state index is 14.6. The van der Waals surface area contributed by atoms with E-state index in [0.29, 0.717) is 12.0 Å². The third kappa shape index (κ3) is 3.69. The number of hydrogen-bond donors (Lipinski definition) is 1. The van der Waals surface area contributed by atoms with Crippen molar-refractivity contribution in [3.8, 4) is 11.1 Å². The summed E-state index contributed by atoms with van der Waals surface area (Å²) in [5.74, 6) is -2.56. The first kappa shape index (κ1) is 18.6. The molecule has 3 rings (SSSR count). The highest BCUT2D eigenvalue weighted by molar-refractivity contribution is 5.99. The Kier molecular flexibility index (Phi) is 5.26. The van der Waals surface area contributed by atoms with Crippen LogP contribution >= 0.6 is 0 Å². The molecule has 0 amide bonds. The molecule has 0 bridgehead atoms. The number of ketones is 1. The zero-order valence-electron chi connectivity index (χ0n) is 14.8. The van der Waals surface area contributed by atoms with Crippen molar-refractivity contribution in [3.63, 3.8) is 0 Å². The van der Waals surface area contributed by atoms with Gasteiger partial charge in [-0.15, -0.1) is 0 Å². The molecule has 0 saturated heterocycles. The average molecular weight is 370 g/mol. The summed E-state index contributed by atoms with van der Waals surface area (Å²) in [6, 6.07) is 9.93. The summed E-state index contributed by atoms with van der Waals surface area (Å²) >= 11 is 0. The Morgan fingerprint density at radius 3 is 2.41 bits per heavy atom.